The quantitative estimate of drug-likeness (QED) is 0.620. The van der Waals surface area contributed by atoms with E-state index >= 15 is 0 Å². The Hall–Kier alpha value is -3.35. The van der Waals surface area contributed by atoms with Crippen LogP contribution in [-0.4, -0.2) is 29.4 Å². The molecule has 0 radical (unpaired) electrons. The molecule has 2 aromatic carbocycles. The van der Waals surface area contributed by atoms with Crippen LogP contribution in [0.1, 0.15) is 12.5 Å². The molecule has 130 valence electrons. The van der Waals surface area contributed by atoms with E-state index in [1.807, 2.05) is 0 Å². The lowest BCUT2D eigenvalue weighted by atomic mass is 10.1. The first-order valence-electron chi connectivity index (χ1n) is 7.69. The lowest BCUT2D eigenvalue weighted by Gasteiger charge is -2.08. The molecule has 0 fully saturated rings. The van der Waals surface area contributed by atoms with Crippen LogP contribution in [0.5, 0.6) is 5.75 Å². The minimum Gasteiger partial charge on any atom is -0.508 e. The average Bonchev–Trinajstić information content (AvgIpc) is 2.56. The Morgan fingerprint density at radius 3 is 2.20 bits per heavy atom. The monoisotopic (exact) mass is 341 g/mol. The Kier molecular flexibility index (Phi) is 6.11. The van der Waals surface area contributed by atoms with Crippen LogP contribution in [0.25, 0.3) is 0 Å². The fourth-order valence-electron chi connectivity index (χ4n) is 2.13. The van der Waals surface area contributed by atoms with E-state index < -0.39 is 11.8 Å². The van der Waals surface area contributed by atoms with E-state index in [0.717, 1.165) is 5.56 Å². The highest BCUT2D eigenvalue weighted by molar-refractivity contribution is 6.39. The lowest BCUT2D eigenvalue weighted by Crippen LogP contribution is -2.36. The van der Waals surface area contributed by atoms with E-state index in [1.54, 1.807) is 48.5 Å². The van der Waals surface area contributed by atoms with Gasteiger partial charge in [-0.2, -0.15) is 0 Å². The molecule has 0 saturated carbocycles. The molecule has 2 rings (SSSR count). The molecule has 25 heavy (non-hydrogen) atoms. The highest BCUT2D eigenvalue weighted by Gasteiger charge is 2.13. The molecule has 0 heterocycles. The molecule has 0 aliphatic carbocycles. The SMILES string of the molecule is CC(=O)Nc1cccc(NC(=O)C(=O)NCCc2ccc(O)cc2)c1. The average molecular weight is 341 g/mol. The van der Waals surface area contributed by atoms with Gasteiger partial charge in [-0.25, -0.2) is 0 Å². The summed E-state index contributed by atoms with van der Waals surface area (Å²) in [4.78, 5) is 34.7. The molecule has 0 bridgehead atoms. The smallest absolute Gasteiger partial charge is 0.313 e. The summed E-state index contributed by atoms with van der Waals surface area (Å²) in [5, 5.41) is 16.8. The number of phenols is 1. The Morgan fingerprint density at radius 1 is 0.920 bits per heavy atom. The first-order valence-corrected chi connectivity index (χ1v) is 7.69. The second kappa shape index (κ2) is 8.49. The van der Waals surface area contributed by atoms with E-state index in [2.05, 4.69) is 16.0 Å². The van der Waals surface area contributed by atoms with Gasteiger partial charge < -0.3 is 21.1 Å². The summed E-state index contributed by atoms with van der Waals surface area (Å²) in [6.07, 6.45) is 0.539. The van der Waals surface area contributed by atoms with Crippen molar-refractivity contribution in [1.82, 2.24) is 5.32 Å². The van der Waals surface area contributed by atoms with Gasteiger partial charge in [0, 0.05) is 24.8 Å². The molecule has 0 spiro atoms. The van der Waals surface area contributed by atoms with Crippen molar-refractivity contribution >= 4 is 29.1 Å². The predicted octanol–water partition coefficient (Wildman–Crippen LogP) is 1.65. The minimum absolute atomic E-state index is 0.175. The molecular formula is C18H19N3O4. The first-order chi connectivity index (χ1) is 11.9. The van der Waals surface area contributed by atoms with Crippen LogP contribution >= 0.6 is 0 Å². The van der Waals surface area contributed by atoms with Gasteiger partial charge >= 0.3 is 11.8 Å². The second-order valence-corrected chi connectivity index (χ2v) is 5.39. The summed E-state index contributed by atoms with van der Waals surface area (Å²) in [7, 11) is 0. The zero-order valence-corrected chi connectivity index (χ0v) is 13.7. The van der Waals surface area contributed by atoms with Gasteiger partial charge in [0.2, 0.25) is 5.91 Å². The van der Waals surface area contributed by atoms with Crippen LogP contribution in [0.2, 0.25) is 0 Å². The molecule has 4 N–H and O–H groups in total. The number of rotatable bonds is 5. The van der Waals surface area contributed by atoms with Crippen LogP contribution in [0, 0.1) is 0 Å². The van der Waals surface area contributed by atoms with E-state index in [0.29, 0.717) is 24.3 Å². The minimum atomic E-state index is -0.786. The van der Waals surface area contributed by atoms with Gasteiger partial charge in [0.15, 0.2) is 0 Å². The lowest BCUT2D eigenvalue weighted by molar-refractivity contribution is -0.136. The number of phenolic OH excluding ortho intramolecular Hbond substituents is 1. The van der Waals surface area contributed by atoms with Gasteiger partial charge in [-0.1, -0.05) is 18.2 Å². The number of hydrogen-bond acceptors (Lipinski definition) is 4. The largest absolute Gasteiger partial charge is 0.508 e. The van der Waals surface area contributed by atoms with Crippen LogP contribution < -0.4 is 16.0 Å². The van der Waals surface area contributed by atoms with Crippen LogP contribution in [0.4, 0.5) is 11.4 Å². The standard InChI is InChI=1S/C18H19N3O4/c1-12(22)20-14-3-2-4-15(11-14)21-18(25)17(24)19-10-9-13-5-7-16(23)8-6-13/h2-8,11,23H,9-10H2,1H3,(H,19,24)(H,20,22)(H,21,25). The van der Waals surface area contributed by atoms with Crippen molar-refractivity contribution in [3.05, 3.63) is 54.1 Å². The van der Waals surface area contributed by atoms with E-state index in [1.165, 1.54) is 6.92 Å². The predicted molar refractivity (Wildman–Crippen MR) is 94.2 cm³/mol. The normalized spacial score (nSPS) is 9.96. The van der Waals surface area contributed by atoms with Gasteiger partial charge in [0.25, 0.3) is 0 Å². The highest BCUT2D eigenvalue weighted by atomic mass is 16.3. The van der Waals surface area contributed by atoms with Crippen LogP contribution in [-0.2, 0) is 20.8 Å². The molecule has 0 aromatic heterocycles. The Morgan fingerprint density at radius 2 is 1.56 bits per heavy atom. The number of anilines is 2. The summed E-state index contributed by atoms with van der Waals surface area (Å²) in [6, 6.07) is 13.1. The summed E-state index contributed by atoms with van der Waals surface area (Å²) in [5.41, 5.74) is 1.87. The van der Waals surface area contributed by atoms with Crippen LogP contribution in [0.3, 0.4) is 0 Å². The molecule has 0 unspecified atom stereocenters. The summed E-state index contributed by atoms with van der Waals surface area (Å²) in [6.45, 7) is 1.68. The maximum atomic E-state index is 11.9. The number of amides is 3. The van der Waals surface area contributed by atoms with E-state index in [9.17, 15) is 19.5 Å². The highest BCUT2D eigenvalue weighted by Crippen LogP contribution is 2.15. The molecule has 3 amide bonds. The fraction of sp³-hybridized carbons (Fsp3) is 0.167. The number of benzene rings is 2. The van der Waals surface area contributed by atoms with Gasteiger partial charge in [-0.15, -0.1) is 0 Å². The number of carbonyl (C=O) groups excluding carboxylic acids is 3. The summed E-state index contributed by atoms with van der Waals surface area (Å²) < 4.78 is 0. The van der Waals surface area contributed by atoms with Crippen molar-refractivity contribution in [3.8, 4) is 5.75 Å². The fourth-order valence-corrected chi connectivity index (χ4v) is 2.13. The van der Waals surface area contributed by atoms with Crippen molar-refractivity contribution in [2.75, 3.05) is 17.2 Å². The molecule has 7 nitrogen and oxygen atoms in total. The van der Waals surface area contributed by atoms with Crippen LogP contribution in [0.15, 0.2) is 48.5 Å². The molecule has 0 saturated heterocycles. The Bertz CT molecular complexity index is 772. The summed E-state index contributed by atoms with van der Waals surface area (Å²) >= 11 is 0. The number of hydrogen-bond donors (Lipinski definition) is 4. The topological polar surface area (TPSA) is 108 Å². The maximum absolute atomic E-state index is 11.9. The molecular weight excluding hydrogens is 322 g/mol. The maximum Gasteiger partial charge on any atom is 0.313 e. The van der Waals surface area contributed by atoms with Crippen molar-refractivity contribution < 1.29 is 19.5 Å². The third-order valence-electron chi connectivity index (χ3n) is 3.28. The molecule has 0 aliphatic heterocycles. The zero-order chi connectivity index (χ0) is 18.2. The van der Waals surface area contributed by atoms with Gasteiger partial charge in [0.05, 0.1) is 0 Å². The van der Waals surface area contributed by atoms with E-state index in [4.69, 9.17) is 0 Å². The first kappa shape index (κ1) is 18.0. The molecule has 0 aliphatic rings. The third kappa shape index (κ3) is 5.98. The van der Waals surface area contributed by atoms with Crippen molar-refractivity contribution in [1.29, 1.82) is 0 Å². The molecule has 7 heteroatoms. The van der Waals surface area contributed by atoms with Gasteiger partial charge in [-0.3, -0.25) is 14.4 Å². The molecule has 0 atom stereocenters. The van der Waals surface area contributed by atoms with Crippen molar-refractivity contribution in [3.63, 3.8) is 0 Å². The van der Waals surface area contributed by atoms with Gasteiger partial charge in [0.1, 0.15) is 5.75 Å². The summed E-state index contributed by atoms with van der Waals surface area (Å²) in [5.74, 6) is -1.58. The van der Waals surface area contributed by atoms with Crippen molar-refractivity contribution in [2.45, 2.75) is 13.3 Å². The number of nitrogens with one attached hydrogen (secondary N) is 3. The Balaban J connectivity index is 1.82. The molecule has 2 aromatic rings. The number of carbonyl (C=O) groups is 3. The third-order valence-corrected chi connectivity index (χ3v) is 3.28. The van der Waals surface area contributed by atoms with Crippen molar-refractivity contribution in [2.24, 2.45) is 0 Å². The Labute approximate surface area is 145 Å². The zero-order valence-electron chi connectivity index (χ0n) is 13.7. The van der Waals surface area contributed by atoms with E-state index in [-0.39, 0.29) is 11.7 Å². The number of aromatic hydroxyl groups is 1. The van der Waals surface area contributed by atoms with Gasteiger partial charge in [-0.05, 0) is 42.3 Å². The second-order valence-electron chi connectivity index (χ2n) is 5.39.